The summed E-state index contributed by atoms with van der Waals surface area (Å²) in [5, 5.41) is 13.8. The van der Waals surface area contributed by atoms with Gasteiger partial charge < -0.3 is 15.2 Å². The summed E-state index contributed by atoms with van der Waals surface area (Å²) < 4.78 is 18.9. The molecule has 0 bridgehead atoms. The first-order valence-corrected chi connectivity index (χ1v) is 7.09. The van der Waals surface area contributed by atoms with E-state index in [9.17, 15) is 9.50 Å². The van der Waals surface area contributed by atoms with E-state index >= 15 is 0 Å². The lowest BCUT2D eigenvalue weighted by Gasteiger charge is -2.35. The van der Waals surface area contributed by atoms with Crippen molar-refractivity contribution in [3.8, 4) is 5.75 Å². The second kappa shape index (κ2) is 5.47. The quantitative estimate of drug-likeness (QED) is 0.877. The molecule has 2 aliphatic rings. The number of ether oxygens (including phenoxy) is 1. The van der Waals surface area contributed by atoms with Crippen LogP contribution in [0.15, 0.2) is 24.3 Å². The number of aliphatic hydroxyl groups excluding tert-OH is 1. The van der Waals surface area contributed by atoms with E-state index in [4.69, 9.17) is 4.74 Å². The molecular formula is C15H20FNO2. The number of halogens is 1. The smallest absolute Gasteiger partial charge is 0.126 e. The molecule has 2 saturated carbocycles. The SMILES string of the molecule is O[C@@H]1[C@@H](NC2CC2)CCC[C@H]1Oc1cccc(F)c1. The molecule has 1 aromatic rings. The van der Waals surface area contributed by atoms with Crippen molar-refractivity contribution in [2.75, 3.05) is 0 Å². The Labute approximate surface area is 112 Å². The fourth-order valence-electron chi connectivity index (χ4n) is 2.72. The van der Waals surface area contributed by atoms with Gasteiger partial charge in [-0.1, -0.05) is 6.07 Å². The van der Waals surface area contributed by atoms with Crippen LogP contribution in [0.4, 0.5) is 4.39 Å². The molecule has 2 N–H and O–H groups in total. The van der Waals surface area contributed by atoms with Crippen molar-refractivity contribution in [3.05, 3.63) is 30.1 Å². The summed E-state index contributed by atoms with van der Waals surface area (Å²) in [4.78, 5) is 0. The van der Waals surface area contributed by atoms with Crippen molar-refractivity contribution >= 4 is 0 Å². The van der Waals surface area contributed by atoms with E-state index in [1.54, 1.807) is 12.1 Å². The van der Waals surface area contributed by atoms with Gasteiger partial charge in [0.15, 0.2) is 0 Å². The highest BCUT2D eigenvalue weighted by Crippen LogP contribution is 2.28. The minimum absolute atomic E-state index is 0.111. The molecule has 3 rings (SSSR count). The van der Waals surface area contributed by atoms with Gasteiger partial charge in [0.1, 0.15) is 23.8 Å². The van der Waals surface area contributed by atoms with Gasteiger partial charge in [0.2, 0.25) is 0 Å². The summed E-state index contributed by atoms with van der Waals surface area (Å²) in [7, 11) is 0. The first kappa shape index (κ1) is 12.9. The first-order valence-electron chi connectivity index (χ1n) is 7.09. The van der Waals surface area contributed by atoms with E-state index in [2.05, 4.69) is 5.32 Å². The Morgan fingerprint density at radius 2 is 2.05 bits per heavy atom. The second-order valence-corrected chi connectivity index (χ2v) is 5.58. The van der Waals surface area contributed by atoms with Gasteiger partial charge in [0.25, 0.3) is 0 Å². The second-order valence-electron chi connectivity index (χ2n) is 5.58. The Morgan fingerprint density at radius 1 is 1.21 bits per heavy atom. The van der Waals surface area contributed by atoms with E-state index in [1.165, 1.54) is 25.0 Å². The molecule has 0 aromatic heterocycles. The maximum atomic E-state index is 13.1. The molecule has 2 fully saturated rings. The lowest BCUT2D eigenvalue weighted by Crippen LogP contribution is -2.51. The van der Waals surface area contributed by atoms with Crippen molar-refractivity contribution in [2.45, 2.75) is 56.4 Å². The van der Waals surface area contributed by atoms with Crippen molar-refractivity contribution < 1.29 is 14.2 Å². The molecule has 1 aromatic carbocycles. The fraction of sp³-hybridized carbons (Fsp3) is 0.600. The number of benzene rings is 1. The van der Waals surface area contributed by atoms with E-state index < -0.39 is 6.10 Å². The number of hydrogen-bond donors (Lipinski definition) is 2. The highest BCUT2D eigenvalue weighted by atomic mass is 19.1. The zero-order valence-electron chi connectivity index (χ0n) is 10.9. The Balaban J connectivity index is 1.62. The largest absolute Gasteiger partial charge is 0.488 e. The molecule has 4 heteroatoms. The Kier molecular flexibility index (Phi) is 3.71. The predicted octanol–water partition coefficient (Wildman–Crippen LogP) is 2.24. The Bertz CT molecular complexity index is 436. The third-order valence-corrected chi connectivity index (χ3v) is 3.91. The lowest BCUT2D eigenvalue weighted by atomic mass is 9.89. The van der Waals surface area contributed by atoms with Crippen LogP contribution in [0.25, 0.3) is 0 Å². The van der Waals surface area contributed by atoms with Gasteiger partial charge in [-0.2, -0.15) is 0 Å². The Hall–Kier alpha value is -1.13. The third kappa shape index (κ3) is 3.25. The zero-order valence-corrected chi connectivity index (χ0v) is 10.9. The van der Waals surface area contributed by atoms with Gasteiger partial charge in [0.05, 0.1) is 0 Å². The first-order chi connectivity index (χ1) is 9.22. The van der Waals surface area contributed by atoms with Crippen molar-refractivity contribution in [1.82, 2.24) is 5.32 Å². The normalized spacial score (nSPS) is 31.2. The fourth-order valence-corrected chi connectivity index (χ4v) is 2.72. The number of rotatable bonds is 4. The highest BCUT2D eigenvalue weighted by molar-refractivity contribution is 5.23. The summed E-state index contributed by atoms with van der Waals surface area (Å²) >= 11 is 0. The van der Waals surface area contributed by atoms with Crippen molar-refractivity contribution in [1.29, 1.82) is 0 Å². The molecular weight excluding hydrogens is 245 g/mol. The standard InChI is InChI=1S/C15H20FNO2/c16-10-3-1-4-12(9-10)19-14-6-2-5-13(15(14)18)17-11-7-8-11/h1,3-4,9,11,13-15,17-18H,2,5-8H2/t13-,14+,15+/m0/s1. The molecule has 0 amide bonds. The van der Waals surface area contributed by atoms with Gasteiger partial charge in [-0.05, 0) is 44.2 Å². The maximum Gasteiger partial charge on any atom is 0.126 e. The summed E-state index contributed by atoms with van der Waals surface area (Å²) in [6, 6.07) is 6.80. The summed E-state index contributed by atoms with van der Waals surface area (Å²) in [6.45, 7) is 0. The van der Waals surface area contributed by atoms with Crippen LogP contribution >= 0.6 is 0 Å². The molecule has 0 spiro atoms. The predicted molar refractivity (Wildman–Crippen MR) is 70.6 cm³/mol. The van der Waals surface area contributed by atoms with Crippen LogP contribution in [0, 0.1) is 5.82 Å². The molecule has 2 aliphatic carbocycles. The van der Waals surface area contributed by atoms with E-state index in [1.807, 2.05) is 0 Å². The molecule has 0 aliphatic heterocycles. The van der Waals surface area contributed by atoms with Crippen LogP contribution in [-0.4, -0.2) is 29.4 Å². The summed E-state index contributed by atoms with van der Waals surface area (Å²) in [5.74, 6) is 0.187. The Morgan fingerprint density at radius 3 is 2.79 bits per heavy atom. The summed E-state index contributed by atoms with van der Waals surface area (Å²) in [6.07, 6.45) is 4.49. The monoisotopic (exact) mass is 265 g/mol. The highest BCUT2D eigenvalue weighted by Gasteiger charge is 2.36. The minimum Gasteiger partial charge on any atom is -0.488 e. The van der Waals surface area contributed by atoms with Crippen LogP contribution in [-0.2, 0) is 0 Å². The molecule has 19 heavy (non-hydrogen) atoms. The van der Waals surface area contributed by atoms with E-state index in [0.717, 1.165) is 19.3 Å². The van der Waals surface area contributed by atoms with Crippen LogP contribution in [0.2, 0.25) is 0 Å². The van der Waals surface area contributed by atoms with Gasteiger partial charge >= 0.3 is 0 Å². The van der Waals surface area contributed by atoms with Crippen LogP contribution in [0.5, 0.6) is 5.75 Å². The van der Waals surface area contributed by atoms with Gasteiger partial charge in [-0.25, -0.2) is 4.39 Å². The number of hydrogen-bond acceptors (Lipinski definition) is 3. The lowest BCUT2D eigenvalue weighted by molar-refractivity contribution is -0.0158. The number of aliphatic hydroxyl groups is 1. The van der Waals surface area contributed by atoms with Crippen molar-refractivity contribution in [3.63, 3.8) is 0 Å². The van der Waals surface area contributed by atoms with Crippen LogP contribution < -0.4 is 10.1 Å². The van der Waals surface area contributed by atoms with Crippen LogP contribution in [0.3, 0.4) is 0 Å². The molecule has 3 nitrogen and oxygen atoms in total. The molecule has 0 unspecified atom stereocenters. The average molecular weight is 265 g/mol. The van der Waals surface area contributed by atoms with E-state index in [0.29, 0.717) is 11.8 Å². The van der Waals surface area contributed by atoms with E-state index in [-0.39, 0.29) is 18.0 Å². The molecule has 3 atom stereocenters. The average Bonchev–Trinajstić information content (AvgIpc) is 3.18. The minimum atomic E-state index is -0.516. The molecule has 0 heterocycles. The van der Waals surface area contributed by atoms with Gasteiger partial charge in [-0.15, -0.1) is 0 Å². The molecule has 0 radical (unpaired) electrons. The molecule has 0 saturated heterocycles. The topological polar surface area (TPSA) is 41.5 Å². The van der Waals surface area contributed by atoms with Crippen LogP contribution in [0.1, 0.15) is 32.1 Å². The van der Waals surface area contributed by atoms with Gasteiger partial charge in [0, 0.05) is 18.2 Å². The third-order valence-electron chi connectivity index (χ3n) is 3.91. The summed E-state index contributed by atoms with van der Waals surface area (Å²) in [5.41, 5.74) is 0. The number of nitrogens with one attached hydrogen (secondary N) is 1. The zero-order chi connectivity index (χ0) is 13.2. The van der Waals surface area contributed by atoms with Crippen molar-refractivity contribution in [2.24, 2.45) is 0 Å². The van der Waals surface area contributed by atoms with Gasteiger partial charge in [-0.3, -0.25) is 0 Å². The maximum absolute atomic E-state index is 13.1. The molecule has 104 valence electrons.